The van der Waals surface area contributed by atoms with E-state index in [1.165, 1.54) is 0 Å². The van der Waals surface area contributed by atoms with Crippen molar-refractivity contribution in [3.05, 3.63) is 113 Å². The molecule has 0 spiro atoms. The van der Waals surface area contributed by atoms with Crippen LogP contribution in [0.5, 0.6) is 0 Å². The Morgan fingerprint density at radius 3 is 2.34 bits per heavy atom. The van der Waals surface area contributed by atoms with Crippen LogP contribution in [0.3, 0.4) is 0 Å². The monoisotopic (exact) mass is 505 g/mol. The average Bonchev–Trinajstić information content (AvgIpc) is 3.20. The van der Waals surface area contributed by atoms with Crippen LogP contribution < -0.4 is 10.2 Å². The Kier molecular flexibility index (Phi) is 7.22. The number of anilines is 1. The SMILES string of the molecule is CCNC(=O)[C@H](Cc1ccccc1)N(Cc1ccccc1C)C(=O)CN1C(=O)c2cccc3cccc1c23. The highest BCUT2D eigenvalue weighted by Crippen LogP contribution is 2.37. The van der Waals surface area contributed by atoms with Crippen LogP contribution in [-0.4, -0.2) is 41.8 Å². The predicted octanol–water partition coefficient (Wildman–Crippen LogP) is 4.88. The first kappa shape index (κ1) is 25.2. The van der Waals surface area contributed by atoms with E-state index in [0.29, 0.717) is 18.5 Å². The lowest BCUT2D eigenvalue weighted by atomic mass is 10.0. The van der Waals surface area contributed by atoms with Gasteiger partial charge in [0.1, 0.15) is 12.6 Å². The molecule has 0 aromatic heterocycles. The summed E-state index contributed by atoms with van der Waals surface area (Å²) < 4.78 is 0. The number of carbonyl (C=O) groups excluding carboxylic acids is 3. The van der Waals surface area contributed by atoms with Crippen molar-refractivity contribution in [2.45, 2.75) is 32.9 Å². The van der Waals surface area contributed by atoms with Crippen molar-refractivity contribution in [3.63, 3.8) is 0 Å². The topological polar surface area (TPSA) is 69.7 Å². The Labute approximate surface area is 222 Å². The molecule has 1 N–H and O–H groups in total. The number of benzene rings is 4. The minimum absolute atomic E-state index is 0.150. The normalized spacial score (nSPS) is 13.0. The van der Waals surface area contributed by atoms with Gasteiger partial charge in [-0.25, -0.2) is 0 Å². The van der Waals surface area contributed by atoms with Crippen molar-refractivity contribution in [1.29, 1.82) is 0 Å². The molecule has 5 rings (SSSR count). The van der Waals surface area contributed by atoms with Gasteiger partial charge in [0.05, 0.1) is 5.69 Å². The van der Waals surface area contributed by atoms with E-state index in [1.54, 1.807) is 15.9 Å². The van der Waals surface area contributed by atoms with E-state index in [1.807, 2.05) is 98.8 Å². The number of carbonyl (C=O) groups is 3. The van der Waals surface area contributed by atoms with Crippen LogP contribution in [0.2, 0.25) is 0 Å². The molecule has 0 aliphatic carbocycles. The summed E-state index contributed by atoms with van der Waals surface area (Å²) in [7, 11) is 0. The van der Waals surface area contributed by atoms with E-state index in [-0.39, 0.29) is 30.8 Å². The molecule has 38 heavy (non-hydrogen) atoms. The molecule has 1 atom stereocenters. The maximum Gasteiger partial charge on any atom is 0.259 e. The smallest absolute Gasteiger partial charge is 0.259 e. The number of hydrogen-bond acceptors (Lipinski definition) is 3. The van der Waals surface area contributed by atoms with Gasteiger partial charge in [0.15, 0.2) is 0 Å². The van der Waals surface area contributed by atoms with Gasteiger partial charge >= 0.3 is 0 Å². The summed E-state index contributed by atoms with van der Waals surface area (Å²) in [5.41, 5.74) is 4.28. The minimum Gasteiger partial charge on any atom is -0.355 e. The zero-order chi connectivity index (χ0) is 26.6. The van der Waals surface area contributed by atoms with Gasteiger partial charge in [0, 0.05) is 30.5 Å². The molecule has 1 aliphatic rings. The largest absolute Gasteiger partial charge is 0.355 e. The summed E-state index contributed by atoms with van der Waals surface area (Å²) in [4.78, 5) is 44.1. The molecule has 4 aromatic carbocycles. The molecule has 1 aliphatic heterocycles. The highest BCUT2D eigenvalue weighted by Gasteiger charge is 2.35. The Morgan fingerprint density at radius 2 is 1.61 bits per heavy atom. The summed E-state index contributed by atoms with van der Waals surface area (Å²) in [6, 6.07) is 28.2. The highest BCUT2D eigenvalue weighted by atomic mass is 16.2. The summed E-state index contributed by atoms with van der Waals surface area (Å²) in [5.74, 6) is -0.686. The van der Waals surface area contributed by atoms with E-state index >= 15 is 0 Å². The maximum absolute atomic E-state index is 14.1. The molecular weight excluding hydrogens is 474 g/mol. The van der Waals surface area contributed by atoms with Crippen molar-refractivity contribution in [2.24, 2.45) is 0 Å². The van der Waals surface area contributed by atoms with Crippen molar-refractivity contribution in [1.82, 2.24) is 10.2 Å². The molecule has 3 amide bonds. The molecule has 192 valence electrons. The third-order valence-corrected chi connectivity index (χ3v) is 7.17. The molecular formula is C32H31N3O3. The standard InChI is InChI=1S/C32H31N3O3/c1-3-33-31(37)28(19-23-12-5-4-6-13-23)34(20-25-14-8-7-11-22(25)2)29(36)21-35-27-18-10-16-24-15-9-17-26(30(24)27)32(35)38/h4-18,28H,3,19-21H2,1-2H3,(H,33,37)/t28-/m0/s1. The van der Waals surface area contributed by atoms with Gasteiger partial charge in [-0.2, -0.15) is 0 Å². The molecule has 0 unspecified atom stereocenters. The Bertz CT molecular complexity index is 1490. The number of rotatable bonds is 9. The van der Waals surface area contributed by atoms with E-state index in [9.17, 15) is 14.4 Å². The van der Waals surface area contributed by atoms with E-state index in [2.05, 4.69) is 5.32 Å². The fraction of sp³-hybridized carbons (Fsp3) is 0.219. The fourth-order valence-electron chi connectivity index (χ4n) is 5.18. The first-order chi connectivity index (χ1) is 18.5. The van der Waals surface area contributed by atoms with Gasteiger partial charge in [-0.15, -0.1) is 0 Å². The number of likely N-dealkylation sites (N-methyl/N-ethyl adjacent to an activating group) is 1. The van der Waals surface area contributed by atoms with Gasteiger partial charge in [-0.3, -0.25) is 19.3 Å². The number of aryl methyl sites for hydroxylation is 1. The lowest BCUT2D eigenvalue weighted by Gasteiger charge is -2.33. The summed E-state index contributed by atoms with van der Waals surface area (Å²) in [6.45, 7) is 4.43. The number of hydrogen-bond donors (Lipinski definition) is 1. The Balaban J connectivity index is 1.51. The van der Waals surface area contributed by atoms with Crippen LogP contribution in [-0.2, 0) is 22.6 Å². The summed E-state index contributed by atoms with van der Waals surface area (Å²) >= 11 is 0. The second-order valence-electron chi connectivity index (χ2n) is 9.62. The second-order valence-corrected chi connectivity index (χ2v) is 9.62. The van der Waals surface area contributed by atoms with Gasteiger partial charge in [0.25, 0.3) is 5.91 Å². The number of amides is 3. The Hall–Kier alpha value is -4.45. The van der Waals surface area contributed by atoms with Crippen molar-refractivity contribution in [3.8, 4) is 0 Å². The zero-order valence-corrected chi connectivity index (χ0v) is 21.7. The van der Waals surface area contributed by atoms with E-state index in [4.69, 9.17) is 0 Å². The van der Waals surface area contributed by atoms with Gasteiger partial charge in [-0.05, 0) is 48.1 Å². The minimum atomic E-state index is -0.736. The molecule has 0 radical (unpaired) electrons. The molecule has 0 bridgehead atoms. The van der Waals surface area contributed by atoms with Crippen molar-refractivity contribution >= 4 is 34.2 Å². The number of nitrogens with zero attached hydrogens (tertiary/aromatic N) is 2. The fourth-order valence-corrected chi connectivity index (χ4v) is 5.18. The van der Waals surface area contributed by atoms with Crippen LogP contribution in [0, 0.1) is 6.92 Å². The first-order valence-electron chi connectivity index (χ1n) is 13.0. The predicted molar refractivity (Wildman–Crippen MR) is 150 cm³/mol. The van der Waals surface area contributed by atoms with Crippen LogP contribution in [0.25, 0.3) is 10.8 Å². The van der Waals surface area contributed by atoms with E-state index in [0.717, 1.165) is 33.2 Å². The molecule has 6 nitrogen and oxygen atoms in total. The van der Waals surface area contributed by atoms with Crippen molar-refractivity contribution in [2.75, 3.05) is 18.0 Å². The van der Waals surface area contributed by atoms with Crippen LogP contribution in [0.15, 0.2) is 91.0 Å². The molecule has 1 heterocycles. The first-order valence-corrected chi connectivity index (χ1v) is 13.0. The zero-order valence-electron chi connectivity index (χ0n) is 21.7. The third-order valence-electron chi connectivity index (χ3n) is 7.17. The molecule has 0 saturated heterocycles. The summed E-state index contributed by atoms with van der Waals surface area (Å²) in [6.07, 6.45) is 0.369. The lowest BCUT2D eigenvalue weighted by Crippen LogP contribution is -2.53. The summed E-state index contributed by atoms with van der Waals surface area (Å²) in [5, 5.41) is 4.75. The molecule has 6 heteroatoms. The third kappa shape index (κ3) is 4.90. The lowest BCUT2D eigenvalue weighted by molar-refractivity contribution is -0.140. The maximum atomic E-state index is 14.1. The van der Waals surface area contributed by atoms with E-state index < -0.39 is 6.04 Å². The van der Waals surface area contributed by atoms with Crippen LogP contribution in [0.1, 0.15) is 34.0 Å². The molecule has 0 fully saturated rings. The molecule has 4 aromatic rings. The second kappa shape index (κ2) is 10.9. The van der Waals surface area contributed by atoms with Crippen molar-refractivity contribution < 1.29 is 14.4 Å². The van der Waals surface area contributed by atoms with Crippen LogP contribution in [0.4, 0.5) is 5.69 Å². The quantitative estimate of drug-likeness (QED) is 0.352. The Morgan fingerprint density at radius 1 is 0.895 bits per heavy atom. The highest BCUT2D eigenvalue weighted by molar-refractivity contribution is 6.26. The van der Waals surface area contributed by atoms with Gasteiger partial charge < -0.3 is 10.2 Å². The average molecular weight is 506 g/mol. The van der Waals surface area contributed by atoms with Crippen LogP contribution >= 0.6 is 0 Å². The van der Waals surface area contributed by atoms with Gasteiger partial charge in [0.2, 0.25) is 11.8 Å². The van der Waals surface area contributed by atoms with Gasteiger partial charge in [-0.1, -0.05) is 78.9 Å². The number of nitrogens with one attached hydrogen (secondary N) is 1. The molecule has 0 saturated carbocycles.